The van der Waals surface area contributed by atoms with Crippen LogP contribution in [0.5, 0.6) is 17.2 Å². The van der Waals surface area contributed by atoms with Crippen LogP contribution < -0.4 is 19.8 Å². The van der Waals surface area contributed by atoms with Gasteiger partial charge in [-0.1, -0.05) is 30.3 Å². The summed E-state index contributed by atoms with van der Waals surface area (Å²) in [7, 11) is 4.60. The molecule has 1 fully saturated rings. The Kier molecular flexibility index (Phi) is 11.4. The Hall–Kier alpha value is -3.95. The number of carbonyl (C=O) groups is 1. The van der Waals surface area contributed by atoms with Gasteiger partial charge in [0.2, 0.25) is 5.75 Å². The molecule has 8 nitrogen and oxygen atoms in total. The number of ketones is 1. The zero-order valence-electron chi connectivity index (χ0n) is 25.4. The van der Waals surface area contributed by atoms with Gasteiger partial charge in [-0.05, 0) is 74.7 Å². The van der Waals surface area contributed by atoms with Crippen LogP contribution in [-0.4, -0.2) is 61.4 Å². The van der Waals surface area contributed by atoms with Gasteiger partial charge in [-0.3, -0.25) is 9.59 Å². The van der Waals surface area contributed by atoms with E-state index in [0.717, 1.165) is 62.0 Å². The van der Waals surface area contributed by atoms with Gasteiger partial charge in [0.05, 0.1) is 38.5 Å². The fourth-order valence-electron chi connectivity index (χ4n) is 5.90. The number of Topliss-reactive ketones (excluding diaryl/α,β-unsaturated/α-hetero) is 1. The molecule has 10 heteroatoms. The molecule has 1 aliphatic rings. The lowest BCUT2D eigenvalue weighted by Crippen LogP contribution is -2.30. The van der Waals surface area contributed by atoms with E-state index < -0.39 is 0 Å². The SMILES string of the molecule is COc1cc(C(=O)CCCN2CCCC(n3nc(Cc4ccc(F)cc4)c4ccccc4c3=O)CC2)cc(OC)c1OC.Cl. The van der Waals surface area contributed by atoms with Gasteiger partial charge < -0.3 is 19.1 Å². The lowest BCUT2D eigenvalue weighted by molar-refractivity contribution is 0.0974. The number of likely N-dealkylation sites (tertiary alicyclic amines) is 1. The average molecular weight is 624 g/mol. The second-order valence-corrected chi connectivity index (χ2v) is 10.9. The molecule has 1 atom stereocenters. The van der Waals surface area contributed by atoms with Gasteiger partial charge in [-0.2, -0.15) is 5.10 Å². The molecule has 0 N–H and O–H groups in total. The van der Waals surface area contributed by atoms with Crippen LogP contribution in [0, 0.1) is 5.82 Å². The fourth-order valence-corrected chi connectivity index (χ4v) is 5.90. The maximum absolute atomic E-state index is 13.6. The van der Waals surface area contributed by atoms with Crippen molar-refractivity contribution in [3.8, 4) is 17.2 Å². The highest BCUT2D eigenvalue weighted by molar-refractivity contribution is 5.97. The molecule has 4 aromatic rings. The summed E-state index contributed by atoms with van der Waals surface area (Å²) in [5.74, 6) is 1.13. The van der Waals surface area contributed by atoms with Crippen molar-refractivity contribution in [3.63, 3.8) is 0 Å². The van der Waals surface area contributed by atoms with E-state index in [1.54, 1.807) is 28.9 Å². The van der Waals surface area contributed by atoms with Crippen LogP contribution in [0.15, 0.2) is 65.5 Å². The van der Waals surface area contributed by atoms with Crippen LogP contribution in [0.25, 0.3) is 10.8 Å². The maximum atomic E-state index is 13.6. The van der Waals surface area contributed by atoms with E-state index in [2.05, 4.69) is 4.90 Å². The fraction of sp³-hybridized carbons (Fsp3) is 0.382. The number of hydrogen-bond donors (Lipinski definition) is 0. The minimum Gasteiger partial charge on any atom is -0.493 e. The van der Waals surface area contributed by atoms with Crippen molar-refractivity contribution in [1.29, 1.82) is 0 Å². The first-order chi connectivity index (χ1) is 20.9. The molecule has 0 aliphatic carbocycles. The molecule has 3 aromatic carbocycles. The van der Waals surface area contributed by atoms with Crippen LogP contribution in [0.2, 0.25) is 0 Å². The molecule has 1 aromatic heterocycles. The number of hydrogen-bond acceptors (Lipinski definition) is 7. The number of ether oxygens (including phenoxy) is 3. The third-order valence-electron chi connectivity index (χ3n) is 8.19. The third kappa shape index (κ3) is 7.39. The molecule has 5 rings (SSSR count). The number of benzene rings is 3. The number of carbonyl (C=O) groups excluding carboxylic acids is 1. The van der Waals surface area contributed by atoms with Crippen molar-refractivity contribution < 1.29 is 23.4 Å². The highest BCUT2D eigenvalue weighted by Crippen LogP contribution is 2.38. The molecule has 0 spiro atoms. The highest BCUT2D eigenvalue weighted by Gasteiger charge is 2.23. The smallest absolute Gasteiger partial charge is 0.274 e. The Morgan fingerprint density at radius 1 is 0.932 bits per heavy atom. The molecule has 234 valence electrons. The molecule has 1 saturated heterocycles. The van der Waals surface area contributed by atoms with Crippen LogP contribution in [0.3, 0.4) is 0 Å². The van der Waals surface area contributed by atoms with Crippen LogP contribution >= 0.6 is 12.4 Å². The normalized spacial score (nSPS) is 15.3. The van der Waals surface area contributed by atoms with Crippen molar-refractivity contribution in [2.24, 2.45) is 0 Å². The lowest BCUT2D eigenvalue weighted by atomic mass is 10.0. The van der Waals surface area contributed by atoms with Gasteiger partial charge >= 0.3 is 0 Å². The first kappa shape index (κ1) is 33.0. The van der Waals surface area contributed by atoms with E-state index in [4.69, 9.17) is 19.3 Å². The van der Waals surface area contributed by atoms with Crippen LogP contribution in [0.1, 0.15) is 59.8 Å². The van der Waals surface area contributed by atoms with E-state index in [0.29, 0.717) is 41.0 Å². The summed E-state index contributed by atoms with van der Waals surface area (Å²) < 4.78 is 31.3. The lowest BCUT2D eigenvalue weighted by Gasteiger charge is -2.21. The first-order valence-corrected chi connectivity index (χ1v) is 14.7. The van der Waals surface area contributed by atoms with E-state index in [1.165, 1.54) is 33.5 Å². The van der Waals surface area contributed by atoms with Crippen molar-refractivity contribution >= 4 is 29.0 Å². The summed E-state index contributed by atoms with van der Waals surface area (Å²) in [6.07, 6.45) is 4.21. The summed E-state index contributed by atoms with van der Waals surface area (Å²) in [6.45, 7) is 2.51. The predicted molar refractivity (Wildman–Crippen MR) is 171 cm³/mol. The number of aromatic nitrogens is 2. The summed E-state index contributed by atoms with van der Waals surface area (Å²) in [6, 6.07) is 17.4. The number of fused-ring (bicyclic) bond motifs is 1. The highest BCUT2D eigenvalue weighted by atomic mass is 35.5. The van der Waals surface area contributed by atoms with Gasteiger partial charge in [0.1, 0.15) is 5.82 Å². The second-order valence-electron chi connectivity index (χ2n) is 10.9. The number of halogens is 2. The molecule has 2 heterocycles. The van der Waals surface area contributed by atoms with Crippen molar-refractivity contribution in [1.82, 2.24) is 14.7 Å². The third-order valence-corrected chi connectivity index (χ3v) is 8.19. The zero-order valence-corrected chi connectivity index (χ0v) is 26.2. The molecule has 44 heavy (non-hydrogen) atoms. The van der Waals surface area contributed by atoms with E-state index >= 15 is 0 Å². The van der Waals surface area contributed by atoms with E-state index in [9.17, 15) is 14.0 Å². The van der Waals surface area contributed by atoms with Crippen molar-refractivity contribution in [2.45, 2.75) is 44.6 Å². The minimum absolute atomic E-state index is 0. The number of rotatable bonds is 11. The summed E-state index contributed by atoms with van der Waals surface area (Å²) >= 11 is 0. The molecule has 0 amide bonds. The van der Waals surface area contributed by atoms with Crippen LogP contribution in [0.4, 0.5) is 4.39 Å². The summed E-state index contributed by atoms with van der Waals surface area (Å²) in [5.41, 5.74) is 2.21. The molecule has 1 aliphatic heterocycles. The minimum atomic E-state index is -0.278. The van der Waals surface area contributed by atoms with Crippen LogP contribution in [-0.2, 0) is 6.42 Å². The monoisotopic (exact) mass is 623 g/mol. The summed E-state index contributed by atoms with van der Waals surface area (Å²) in [5, 5.41) is 6.37. The molecular weight excluding hydrogens is 585 g/mol. The number of methoxy groups -OCH3 is 3. The van der Waals surface area contributed by atoms with E-state index in [-0.39, 0.29) is 35.6 Å². The Labute approximate surface area is 263 Å². The quantitative estimate of drug-likeness (QED) is 0.182. The standard InChI is InChI=1S/C34H38FN3O5.ClH/c1-41-31-21-24(22-32(42-2)33(31)43-3)30(39)11-7-18-37-17-6-8-26(16-19-37)38-34(40)28-10-5-4-9-27(28)29(36-38)20-23-12-14-25(35)15-13-23;/h4-5,9-10,12-15,21-22,26H,6-8,11,16-20H2,1-3H3;1H. The number of nitrogens with zero attached hydrogens (tertiary/aromatic N) is 3. The van der Waals surface area contributed by atoms with Gasteiger partial charge in [-0.25, -0.2) is 9.07 Å². The topological polar surface area (TPSA) is 82.9 Å². The molecule has 0 bridgehead atoms. The molecule has 1 unspecified atom stereocenters. The van der Waals surface area contributed by atoms with Crippen molar-refractivity contribution in [3.05, 3.63) is 93.7 Å². The van der Waals surface area contributed by atoms with Crippen molar-refractivity contribution in [2.75, 3.05) is 41.0 Å². The summed E-state index contributed by atoms with van der Waals surface area (Å²) in [4.78, 5) is 28.9. The van der Waals surface area contributed by atoms with Gasteiger partial charge in [-0.15, -0.1) is 12.4 Å². The predicted octanol–water partition coefficient (Wildman–Crippen LogP) is 6.26. The largest absolute Gasteiger partial charge is 0.493 e. The Morgan fingerprint density at radius 2 is 1.61 bits per heavy atom. The molecule has 0 radical (unpaired) electrons. The molecule has 0 saturated carbocycles. The Morgan fingerprint density at radius 3 is 2.27 bits per heavy atom. The zero-order chi connectivity index (χ0) is 30.3. The molecular formula is C34H39ClFN3O5. The Balaban J connectivity index is 0.00000442. The first-order valence-electron chi connectivity index (χ1n) is 14.7. The second kappa shape index (κ2) is 15.2. The van der Waals surface area contributed by atoms with Gasteiger partial charge in [0, 0.05) is 30.3 Å². The van der Waals surface area contributed by atoms with Gasteiger partial charge in [0.15, 0.2) is 17.3 Å². The van der Waals surface area contributed by atoms with Gasteiger partial charge in [0.25, 0.3) is 5.56 Å². The van der Waals surface area contributed by atoms with E-state index in [1.807, 2.05) is 24.3 Å². The Bertz CT molecular complexity index is 1620. The average Bonchev–Trinajstić information content (AvgIpc) is 3.28. The maximum Gasteiger partial charge on any atom is 0.274 e.